The van der Waals surface area contributed by atoms with Gasteiger partial charge in [-0.3, -0.25) is 4.79 Å². The average Bonchev–Trinajstić information content (AvgIpc) is 2.93. The molecular formula is C20H17N3O2S. The Bertz CT molecular complexity index is 1120. The number of aromatic nitrogens is 2. The minimum absolute atomic E-state index is 0.232. The maximum Gasteiger partial charge on any atom is 0.260 e. The highest BCUT2D eigenvalue weighted by atomic mass is 32.1. The number of nitrogens with one attached hydrogen (secondary N) is 1. The minimum atomic E-state index is -0.232. The summed E-state index contributed by atoms with van der Waals surface area (Å²) < 4.78 is 5.62. The van der Waals surface area contributed by atoms with Gasteiger partial charge in [0, 0.05) is 10.4 Å². The first-order valence-corrected chi connectivity index (χ1v) is 8.81. The number of para-hydroxylation sites is 1. The standard InChI is InChI=1S/C20H17N3O2S/c1-4-9-25-16-8-6-5-7-14(16)10-15(11-21)18-22-19(24)17-12(2)13(3)26-20(17)23-18/h4-8,10H,1,9H2,2-3H3,(H,22,23,24). The third-order valence-electron chi connectivity index (χ3n) is 3.99. The van der Waals surface area contributed by atoms with E-state index in [1.165, 1.54) is 11.3 Å². The van der Waals surface area contributed by atoms with Crippen LogP contribution >= 0.6 is 11.3 Å². The number of aryl methyl sites for hydroxylation is 2. The van der Waals surface area contributed by atoms with E-state index in [4.69, 9.17) is 4.74 Å². The molecule has 130 valence electrons. The summed E-state index contributed by atoms with van der Waals surface area (Å²) in [6.45, 7) is 7.85. The average molecular weight is 363 g/mol. The van der Waals surface area contributed by atoms with Crippen LogP contribution in [0, 0.1) is 25.2 Å². The molecule has 0 aliphatic rings. The zero-order valence-corrected chi connectivity index (χ0v) is 15.3. The number of aromatic amines is 1. The maximum absolute atomic E-state index is 12.5. The van der Waals surface area contributed by atoms with E-state index in [0.29, 0.717) is 22.6 Å². The Labute approximate surface area is 154 Å². The van der Waals surface area contributed by atoms with E-state index in [0.717, 1.165) is 16.0 Å². The van der Waals surface area contributed by atoms with Gasteiger partial charge in [0.1, 0.15) is 23.3 Å². The zero-order valence-electron chi connectivity index (χ0n) is 14.5. The number of hydrogen-bond acceptors (Lipinski definition) is 5. The summed E-state index contributed by atoms with van der Waals surface area (Å²) in [7, 11) is 0. The number of benzene rings is 1. The monoisotopic (exact) mass is 363 g/mol. The van der Waals surface area contributed by atoms with Crippen molar-refractivity contribution in [2.24, 2.45) is 0 Å². The van der Waals surface area contributed by atoms with Crippen LogP contribution in [0.25, 0.3) is 21.9 Å². The van der Waals surface area contributed by atoms with Gasteiger partial charge >= 0.3 is 0 Å². The molecule has 1 N–H and O–H groups in total. The van der Waals surface area contributed by atoms with Crippen LogP contribution in [0.4, 0.5) is 0 Å². The van der Waals surface area contributed by atoms with Crippen molar-refractivity contribution in [2.75, 3.05) is 6.61 Å². The molecule has 0 unspecified atom stereocenters. The molecule has 3 rings (SSSR count). The molecule has 0 fully saturated rings. The molecular weight excluding hydrogens is 346 g/mol. The van der Waals surface area contributed by atoms with Crippen molar-refractivity contribution >= 4 is 33.2 Å². The SMILES string of the molecule is C=CCOc1ccccc1C=C(C#N)c1nc2sc(C)c(C)c2c(=O)[nH]1. The smallest absolute Gasteiger partial charge is 0.260 e. The molecule has 2 heterocycles. The molecule has 0 aliphatic heterocycles. The lowest BCUT2D eigenvalue weighted by Gasteiger charge is -2.07. The maximum atomic E-state index is 12.5. The number of thiophene rings is 1. The van der Waals surface area contributed by atoms with Crippen molar-refractivity contribution in [2.45, 2.75) is 13.8 Å². The fourth-order valence-corrected chi connectivity index (χ4v) is 3.60. The Morgan fingerprint density at radius 1 is 1.42 bits per heavy atom. The molecule has 6 heteroatoms. The molecule has 0 radical (unpaired) electrons. The molecule has 3 aromatic rings. The topological polar surface area (TPSA) is 78.8 Å². The molecule has 26 heavy (non-hydrogen) atoms. The molecule has 5 nitrogen and oxygen atoms in total. The van der Waals surface area contributed by atoms with Gasteiger partial charge < -0.3 is 9.72 Å². The van der Waals surface area contributed by atoms with Gasteiger partial charge in [0.2, 0.25) is 0 Å². The molecule has 2 aromatic heterocycles. The predicted molar refractivity (Wildman–Crippen MR) is 105 cm³/mol. The number of H-pyrrole nitrogens is 1. The first-order chi connectivity index (χ1) is 12.5. The summed E-state index contributed by atoms with van der Waals surface area (Å²) in [5.74, 6) is 0.885. The first kappa shape index (κ1) is 17.6. The Morgan fingerprint density at radius 2 is 2.19 bits per heavy atom. The summed E-state index contributed by atoms with van der Waals surface area (Å²) in [6, 6.07) is 9.48. The third-order valence-corrected chi connectivity index (χ3v) is 5.09. The second-order valence-corrected chi connectivity index (χ2v) is 6.89. The molecule has 0 bridgehead atoms. The van der Waals surface area contributed by atoms with Crippen molar-refractivity contribution in [1.82, 2.24) is 9.97 Å². The van der Waals surface area contributed by atoms with E-state index >= 15 is 0 Å². The number of allylic oxidation sites excluding steroid dienone is 1. The summed E-state index contributed by atoms with van der Waals surface area (Å²) in [5, 5.41) is 10.2. The van der Waals surface area contributed by atoms with E-state index in [1.807, 2.05) is 38.1 Å². The summed E-state index contributed by atoms with van der Waals surface area (Å²) in [4.78, 5) is 21.4. The zero-order chi connectivity index (χ0) is 18.7. The fraction of sp³-hybridized carbons (Fsp3) is 0.150. The van der Waals surface area contributed by atoms with Gasteiger partial charge in [-0.25, -0.2) is 4.98 Å². The van der Waals surface area contributed by atoms with E-state index in [-0.39, 0.29) is 17.0 Å². The number of nitriles is 1. The van der Waals surface area contributed by atoms with Gasteiger partial charge in [-0.05, 0) is 31.6 Å². The van der Waals surface area contributed by atoms with Gasteiger partial charge in [-0.15, -0.1) is 11.3 Å². The van der Waals surface area contributed by atoms with Crippen molar-refractivity contribution in [3.8, 4) is 11.8 Å². The van der Waals surface area contributed by atoms with Crippen LogP contribution in [0.1, 0.15) is 21.8 Å². The van der Waals surface area contributed by atoms with E-state index in [1.54, 1.807) is 12.2 Å². The predicted octanol–water partition coefficient (Wildman–Crippen LogP) is 4.23. The van der Waals surface area contributed by atoms with Crippen LogP contribution in [0.2, 0.25) is 0 Å². The lowest BCUT2D eigenvalue weighted by molar-refractivity contribution is 0.362. The molecule has 0 spiro atoms. The molecule has 0 atom stereocenters. The second-order valence-electron chi connectivity index (χ2n) is 5.69. The van der Waals surface area contributed by atoms with Crippen molar-refractivity contribution < 1.29 is 4.74 Å². The van der Waals surface area contributed by atoms with Crippen LogP contribution < -0.4 is 10.3 Å². The summed E-state index contributed by atoms with van der Waals surface area (Å²) >= 11 is 1.45. The van der Waals surface area contributed by atoms with Crippen LogP contribution in [0.5, 0.6) is 5.75 Å². The van der Waals surface area contributed by atoms with Gasteiger partial charge in [0.05, 0.1) is 11.0 Å². The highest BCUT2D eigenvalue weighted by Crippen LogP contribution is 2.28. The Morgan fingerprint density at radius 3 is 2.92 bits per heavy atom. The summed E-state index contributed by atoms with van der Waals surface area (Å²) in [5.41, 5.74) is 1.69. The van der Waals surface area contributed by atoms with Crippen molar-refractivity contribution in [3.63, 3.8) is 0 Å². The number of ether oxygens (including phenoxy) is 1. The van der Waals surface area contributed by atoms with Gasteiger partial charge in [-0.1, -0.05) is 30.9 Å². The first-order valence-electron chi connectivity index (χ1n) is 8.00. The van der Waals surface area contributed by atoms with E-state index in [9.17, 15) is 10.1 Å². The number of hydrogen-bond donors (Lipinski definition) is 1. The quantitative estimate of drug-likeness (QED) is 0.543. The molecule has 0 aliphatic carbocycles. The Kier molecular flexibility index (Phi) is 5.01. The highest BCUT2D eigenvalue weighted by molar-refractivity contribution is 7.18. The molecule has 0 amide bonds. The van der Waals surface area contributed by atoms with Gasteiger partial charge in [0.25, 0.3) is 5.56 Å². The Balaban J connectivity index is 2.12. The van der Waals surface area contributed by atoms with Crippen LogP contribution in [0.3, 0.4) is 0 Å². The lowest BCUT2D eigenvalue weighted by atomic mass is 10.1. The van der Waals surface area contributed by atoms with Gasteiger partial charge in [0.15, 0.2) is 5.82 Å². The molecule has 1 aromatic carbocycles. The largest absolute Gasteiger partial charge is 0.489 e. The van der Waals surface area contributed by atoms with E-state index < -0.39 is 0 Å². The van der Waals surface area contributed by atoms with Gasteiger partial charge in [-0.2, -0.15) is 5.26 Å². The van der Waals surface area contributed by atoms with Crippen molar-refractivity contribution in [3.05, 3.63) is 69.1 Å². The molecule has 0 saturated heterocycles. The van der Waals surface area contributed by atoms with Crippen molar-refractivity contribution in [1.29, 1.82) is 5.26 Å². The van der Waals surface area contributed by atoms with E-state index in [2.05, 4.69) is 22.6 Å². The lowest BCUT2D eigenvalue weighted by Crippen LogP contribution is -2.10. The van der Waals surface area contributed by atoms with Crippen LogP contribution in [-0.4, -0.2) is 16.6 Å². The minimum Gasteiger partial charge on any atom is -0.489 e. The van der Waals surface area contributed by atoms with Crippen LogP contribution in [0.15, 0.2) is 41.7 Å². The summed E-state index contributed by atoms with van der Waals surface area (Å²) in [6.07, 6.45) is 3.32. The normalized spacial score (nSPS) is 11.3. The number of rotatable bonds is 5. The number of nitrogens with zero attached hydrogens (tertiary/aromatic N) is 2. The number of fused-ring (bicyclic) bond motifs is 1. The Hall–Kier alpha value is -3.17. The second kappa shape index (κ2) is 7.38. The van der Waals surface area contributed by atoms with Crippen LogP contribution in [-0.2, 0) is 0 Å². The molecule has 0 saturated carbocycles. The fourth-order valence-electron chi connectivity index (χ4n) is 2.57. The highest BCUT2D eigenvalue weighted by Gasteiger charge is 2.14. The third kappa shape index (κ3) is 3.30.